The van der Waals surface area contributed by atoms with Gasteiger partial charge in [-0.3, -0.25) is 4.79 Å². The van der Waals surface area contributed by atoms with E-state index in [1.807, 2.05) is 37.3 Å². The Hall–Kier alpha value is -1.68. The van der Waals surface area contributed by atoms with Crippen molar-refractivity contribution >= 4 is 17.3 Å². The van der Waals surface area contributed by atoms with Crippen LogP contribution in [0.2, 0.25) is 0 Å². The summed E-state index contributed by atoms with van der Waals surface area (Å²) < 4.78 is 0. The molecule has 0 saturated carbocycles. The van der Waals surface area contributed by atoms with Crippen LogP contribution in [0.1, 0.15) is 22.2 Å². The number of rotatable bonds is 3. The molecule has 0 aliphatic rings. The molecule has 1 N–H and O–H groups in total. The highest BCUT2D eigenvalue weighted by Gasteiger charge is 2.23. The van der Waals surface area contributed by atoms with Crippen molar-refractivity contribution in [3.8, 4) is 0 Å². The average molecular weight is 233 g/mol. The predicted octanol–water partition coefficient (Wildman–Crippen LogP) is 2.67. The topological polar surface area (TPSA) is 50.2 Å². The zero-order chi connectivity index (χ0) is 11.5. The van der Waals surface area contributed by atoms with E-state index in [4.69, 9.17) is 0 Å². The number of hydrogen-bond acceptors (Lipinski definition) is 3. The molecule has 0 bridgehead atoms. The van der Waals surface area contributed by atoms with Gasteiger partial charge in [-0.2, -0.15) is 0 Å². The van der Waals surface area contributed by atoms with Crippen molar-refractivity contribution in [2.75, 3.05) is 0 Å². The number of carbonyl (C=O) groups is 1. The molecule has 0 fully saturated rings. The van der Waals surface area contributed by atoms with Crippen molar-refractivity contribution < 1.29 is 9.90 Å². The van der Waals surface area contributed by atoms with Gasteiger partial charge in [0.1, 0.15) is 5.92 Å². The summed E-state index contributed by atoms with van der Waals surface area (Å²) in [7, 11) is 0. The fourth-order valence-electron chi connectivity index (χ4n) is 1.60. The molecule has 0 spiro atoms. The zero-order valence-electron chi connectivity index (χ0n) is 8.75. The highest BCUT2D eigenvalue weighted by Crippen LogP contribution is 2.25. The summed E-state index contributed by atoms with van der Waals surface area (Å²) in [6, 6.07) is 9.17. The van der Waals surface area contributed by atoms with Gasteiger partial charge in [0.25, 0.3) is 0 Å². The van der Waals surface area contributed by atoms with E-state index in [2.05, 4.69) is 4.98 Å². The molecule has 4 heteroatoms. The molecule has 1 heterocycles. The van der Waals surface area contributed by atoms with Crippen LogP contribution >= 0.6 is 11.3 Å². The largest absolute Gasteiger partial charge is 0.480 e. The van der Waals surface area contributed by atoms with Crippen LogP contribution in [-0.2, 0) is 4.79 Å². The Bertz CT molecular complexity index is 493. The molecular formula is C12H11NO2S. The third kappa shape index (κ3) is 2.12. The Morgan fingerprint density at radius 2 is 2.06 bits per heavy atom. The standard InChI is InChI=1S/C12H11NO2S/c1-8-13-10(7-16-8)11(12(14)15)9-5-3-2-4-6-9/h2-7,11H,1H3,(H,14,15)/t11-/m0/s1. The van der Waals surface area contributed by atoms with Crippen molar-refractivity contribution in [2.45, 2.75) is 12.8 Å². The van der Waals surface area contributed by atoms with Gasteiger partial charge in [-0.1, -0.05) is 30.3 Å². The Morgan fingerprint density at radius 3 is 2.56 bits per heavy atom. The predicted molar refractivity (Wildman–Crippen MR) is 62.8 cm³/mol. The minimum atomic E-state index is -0.864. The maximum Gasteiger partial charge on any atom is 0.317 e. The summed E-state index contributed by atoms with van der Waals surface area (Å²) in [4.78, 5) is 15.5. The van der Waals surface area contributed by atoms with Crippen LogP contribution in [0, 0.1) is 6.92 Å². The van der Waals surface area contributed by atoms with E-state index in [0.717, 1.165) is 10.6 Å². The summed E-state index contributed by atoms with van der Waals surface area (Å²) in [5, 5.41) is 11.9. The van der Waals surface area contributed by atoms with Gasteiger partial charge in [-0.15, -0.1) is 11.3 Å². The van der Waals surface area contributed by atoms with Gasteiger partial charge in [-0.05, 0) is 12.5 Å². The number of thiazole rings is 1. The number of aromatic nitrogens is 1. The molecule has 0 amide bonds. The molecular weight excluding hydrogens is 222 g/mol. The molecule has 0 unspecified atom stereocenters. The van der Waals surface area contributed by atoms with Crippen LogP contribution in [0.5, 0.6) is 0 Å². The van der Waals surface area contributed by atoms with Gasteiger partial charge in [0.05, 0.1) is 10.7 Å². The first kappa shape index (κ1) is 10.8. The highest BCUT2D eigenvalue weighted by molar-refractivity contribution is 7.09. The zero-order valence-corrected chi connectivity index (χ0v) is 9.57. The second kappa shape index (κ2) is 4.45. The summed E-state index contributed by atoms with van der Waals surface area (Å²) in [6.45, 7) is 1.87. The number of carboxylic acid groups (broad SMARTS) is 1. The van der Waals surface area contributed by atoms with Gasteiger partial charge >= 0.3 is 5.97 Å². The molecule has 82 valence electrons. The lowest BCUT2D eigenvalue weighted by Gasteiger charge is -2.09. The highest BCUT2D eigenvalue weighted by atomic mass is 32.1. The van der Waals surface area contributed by atoms with Crippen molar-refractivity contribution in [3.05, 3.63) is 52.0 Å². The Kier molecular flexibility index (Phi) is 3.01. The number of benzene rings is 1. The van der Waals surface area contributed by atoms with Gasteiger partial charge in [0.2, 0.25) is 0 Å². The van der Waals surface area contributed by atoms with Crippen LogP contribution in [0.3, 0.4) is 0 Å². The first-order valence-corrected chi connectivity index (χ1v) is 5.76. The van der Waals surface area contributed by atoms with Crippen LogP contribution < -0.4 is 0 Å². The van der Waals surface area contributed by atoms with Gasteiger partial charge in [0.15, 0.2) is 0 Å². The van der Waals surface area contributed by atoms with Crippen LogP contribution in [-0.4, -0.2) is 16.1 Å². The van der Waals surface area contributed by atoms with Crippen molar-refractivity contribution in [3.63, 3.8) is 0 Å². The number of aliphatic carboxylic acids is 1. The monoisotopic (exact) mass is 233 g/mol. The summed E-state index contributed by atoms with van der Waals surface area (Å²) in [5.74, 6) is -1.53. The van der Waals surface area contributed by atoms with E-state index in [0.29, 0.717) is 5.69 Å². The number of hydrogen-bond donors (Lipinski definition) is 1. The van der Waals surface area contributed by atoms with E-state index >= 15 is 0 Å². The van der Waals surface area contributed by atoms with Crippen LogP contribution in [0.15, 0.2) is 35.7 Å². The van der Waals surface area contributed by atoms with E-state index in [1.54, 1.807) is 5.38 Å². The molecule has 1 aromatic carbocycles. The number of aryl methyl sites for hydroxylation is 1. The Morgan fingerprint density at radius 1 is 1.38 bits per heavy atom. The van der Waals surface area contributed by atoms with Crippen molar-refractivity contribution in [1.29, 1.82) is 0 Å². The van der Waals surface area contributed by atoms with Crippen LogP contribution in [0.25, 0.3) is 0 Å². The SMILES string of the molecule is Cc1nc([C@@H](C(=O)O)c2ccccc2)cs1. The summed E-state index contributed by atoms with van der Waals surface area (Å²) >= 11 is 1.47. The lowest BCUT2D eigenvalue weighted by atomic mass is 9.97. The Balaban J connectivity index is 2.43. The van der Waals surface area contributed by atoms with E-state index < -0.39 is 11.9 Å². The van der Waals surface area contributed by atoms with Gasteiger partial charge in [-0.25, -0.2) is 4.98 Å². The van der Waals surface area contributed by atoms with Gasteiger partial charge in [0, 0.05) is 5.38 Å². The third-order valence-corrected chi connectivity index (χ3v) is 3.10. The minimum Gasteiger partial charge on any atom is -0.480 e. The van der Waals surface area contributed by atoms with Crippen LogP contribution in [0.4, 0.5) is 0 Å². The van der Waals surface area contributed by atoms with E-state index in [1.165, 1.54) is 11.3 Å². The second-order valence-electron chi connectivity index (χ2n) is 3.47. The summed E-state index contributed by atoms with van der Waals surface area (Å²) in [5.41, 5.74) is 1.38. The maximum atomic E-state index is 11.3. The fraction of sp³-hybridized carbons (Fsp3) is 0.167. The fourth-order valence-corrected chi connectivity index (χ4v) is 2.24. The lowest BCUT2D eigenvalue weighted by Crippen LogP contribution is -2.13. The molecule has 2 aromatic rings. The molecule has 0 aliphatic carbocycles. The molecule has 3 nitrogen and oxygen atoms in total. The van der Waals surface area contributed by atoms with E-state index in [9.17, 15) is 9.90 Å². The lowest BCUT2D eigenvalue weighted by molar-refractivity contribution is -0.137. The quantitative estimate of drug-likeness (QED) is 0.886. The van der Waals surface area contributed by atoms with Crippen molar-refractivity contribution in [1.82, 2.24) is 4.98 Å². The summed E-state index contributed by atoms with van der Waals surface area (Å²) in [6.07, 6.45) is 0. The normalized spacial score (nSPS) is 12.3. The molecule has 0 radical (unpaired) electrons. The van der Waals surface area contributed by atoms with Gasteiger partial charge < -0.3 is 5.11 Å². The maximum absolute atomic E-state index is 11.3. The minimum absolute atomic E-state index is 0.612. The molecule has 1 aromatic heterocycles. The smallest absolute Gasteiger partial charge is 0.317 e. The Labute approximate surface area is 97.4 Å². The third-order valence-electron chi connectivity index (χ3n) is 2.31. The van der Waals surface area contributed by atoms with Crippen molar-refractivity contribution in [2.24, 2.45) is 0 Å². The first-order chi connectivity index (χ1) is 7.68. The first-order valence-electron chi connectivity index (χ1n) is 4.88. The molecule has 0 aliphatic heterocycles. The van der Waals surface area contributed by atoms with E-state index in [-0.39, 0.29) is 0 Å². The molecule has 2 rings (SSSR count). The second-order valence-corrected chi connectivity index (χ2v) is 4.54. The molecule has 0 saturated heterocycles. The molecule has 1 atom stereocenters. The average Bonchev–Trinajstić information content (AvgIpc) is 2.66. The number of carboxylic acids is 1. The molecule has 16 heavy (non-hydrogen) atoms. The number of nitrogens with zero attached hydrogens (tertiary/aromatic N) is 1.